The van der Waals surface area contributed by atoms with Crippen molar-refractivity contribution in [2.45, 2.75) is 58.7 Å². The molecular formula is C33H32F3N5O2S2. The third-order valence-corrected chi connectivity index (χ3v) is 8.40. The molecular weight excluding hydrogens is 620 g/mol. The lowest BCUT2D eigenvalue weighted by molar-refractivity contribution is -0.274. The van der Waals surface area contributed by atoms with E-state index in [0.717, 1.165) is 41.6 Å². The predicted molar refractivity (Wildman–Crippen MR) is 176 cm³/mol. The van der Waals surface area contributed by atoms with Gasteiger partial charge in [-0.15, -0.1) is 18.3 Å². The largest absolute Gasteiger partial charge is 0.573 e. The molecule has 1 saturated heterocycles. The van der Waals surface area contributed by atoms with Gasteiger partial charge in [0.05, 0.1) is 17.1 Å². The number of amidine groups is 1. The van der Waals surface area contributed by atoms with Gasteiger partial charge in [0.1, 0.15) is 17.1 Å². The second-order valence-electron chi connectivity index (χ2n) is 11.0. The molecule has 0 N–H and O–H groups in total. The van der Waals surface area contributed by atoms with Gasteiger partial charge < -0.3 is 4.74 Å². The summed E-state index contributed by atoms with van der Waals surface area (Å²) in [6.45, 7) is 6.26. The highest BCUT2D eigenvalue weighted by Crippen LogP contribution is 2.34. The standard InChI is InChI=1S/C33H32F3N5O2S2/c1-21(2)27-17-8-22(3)18-28(27)41-30(42)19-45-32(41)38-29(44)7-5-4-6-23-9-11-24(12-10-23)31-37-20-40(39-31)25-13-15-26(16-14-25)43-33(34,35)36/h8-18,20-21H,4-7,19H2,1-3H3. The molecule has 1 fully saturated rings. The summed E-state index contributed by atoms with van der Waals surface area (Å²) in [6, 6.07) is 19.6. The Morgan fingerprint density at radius 2 is 1.80 bits per heavy atom. The molecule has 1 aromatic heterocycles. The molecule has 0 atom stereocenters. The Morgan fingerprint density at radius 3 is 2.49 bits per heavy atom. The maximum absolute atomic E-state index is 12.8. The molecule has 0 spiro atoms. The number of amides is 1. The van der Waals surface area contributed by atoms with E-state index >= 15 is 0 Å². The zero-order chi connectivity index (χ0) is 32.1. The Labute approximate surface area is 269 Å². The summed E-state index contributed by atoms with van der Waals surface area (Å²) in [7, 11) is 0. The minimum atomic E-state index is -4.74. The summed E-state index contributed by atoms with van der Waals surface area (Å²) in [4.78, 5) is 24.2. The Bertz CT molecular complexity index is 1700. The van der Waals surface area contributed by atoms with Gasteiger partial charge >= 0.3 is 6.36 Å². The van der Waals surface area contributed by atoms with E-state index in [1.807, 2.05) is 37.3 Å². The van der Waals surface area contributed by atoms with Crippen LogP contribution in [-0.4, -0.2) is 42.9 Å². The molecule has 4 aromatic rings. The molecule has 1 aliphatic heterocycles. The van der Waals surface area contributed by atoms with Crippen molar-refractivity contribution >= 4 is 45.7 Å². The first-order valence-corrected chi connectivity index (χ1v) is 15.9. The van der Waals surface area contributed by atoms with E-state index < -0.39 is 6.36 Å². The number of hydrogen-bond acceptors (Lipinski definition) is 6. The van der Waals surface area contributed by atoms with Gasteiger partial charge in [0.25, 0.3) is 0 Å². The topological polar surface area (TPSA) is 72.6 Å². The van der Waals surface area contributed by atoms with Crippen molar-refractivity contribution in [1.82, 2.24) is 14.8 Å². The number of halogens is 3. The van der Waals surface area contributed by atoms with Gasteiger partial charge in [-0.1, -0.05) is 74.2 Å². The zero-order valence-corrected chi connectivity index (χ0v) is 26.7. The van der Waals surface area contributed by atoms with Crippen molar-refractivity contribution < 1.29 is 22.7 Å². The average Bonchev–Trinajstić information content (AvgIpc) is 3.62. The van der Waals surface area contributed by atoms with Crippen molar-refractivity contribution in [3.8, 4) is 22.8 Å². The summed E-state index contributed by atoms with van der Waals surface area (Å²) in [5.41, 5.74) is 5.64. The number of thiocarbonyl (C=S) groups is 1. The maximum atomic E-state index is 12.8. The number of aromatic nitrogens is 3. The van der Waals surface area contributed by atoms with Crippen molar-refractivity contribution in [1.29, 1.82) is 0 Å². The molecule has 0 aliphatic carbocycles. The monoisotopic (exact) mass is 651 g/mol. The average molecular weight is 652 g/mol. The van der Waals surface area contributed by atoms with Crippen LogP contribution in [0.2, 0.25) is 0 Å². The molecule has 3 aromatic carbocycles. The molecule has 0 radical (unpaired) electrons. The number of hydrogen-bond donors (Lipinski definition) is 0. The van der Waals surface area contributed by atoms with Gasteiger partial charge in [0, 0.05) is 12.0 Å². The molecule has 12 heteroatoms. The van der Waals surface area contributed by atoms with Gasteiger partial charge in [-0.3, -0.25) is 9.69 Å². The molecule has 5 rings (SSSR count). The van der Waals surface area contributed by atoms with Gasteiger partial charge in [-0.2, -0.15) is 0 Å². The number of alkyl halides is 3. The maximum Gasteiger partial charge on any atom is 0.573 e. The third-order valence-electron chi connectivity index (χ3n) is 7.18. The molecule has 0 unspecified atom stereocenters. The lowest BCUT2D eigenvalue weighted by Crippen LogP contribution is -2.31. The van der Waals surface area contributed by atoms with Crippen molar-refractivity contribution in [2.24, 2.45) is 4.99 Å². The second kappa shape index (κ2) is 13.9. The minimum absolute atomic E-state index is 0.0214. The quantitative estimate of drug-likeness (QED) is 0.127. The highest BCUT2D eigenvalue weighted by atomic mass is 32.2. The lowest BCUT2D eigenvalue weighted by Gasteiger charge is -2.22. The molecule has 7 nitrogen and oxygen atoms in total. The fraction of sp³-hybridized carbons (Fsp3) is 0.303. The van der Waals surface area contributed by atoms with Gasteiger partial charge in [0.15, 0.2) is 11.0 Å². The predicted octanol–water partition coefficient (Wildman–Crippen LogP) is 8.44. The Hall–Kier alpha value is -4.03. The Balaban J connectivity index is 1.13. The summed E-state index contributed by atoms with van der Waals surface area (Å²) < 4.78 is 42.6. The van der Waals surface area contributed by atoms with Gasteiger partial charge in [0.2, 0.25) is 5.91 Å². The van der Waals surface area contributed by atoms with Crippen LogP contribution in [0.4, 0.5) is 18.9 Å². The molecule has 0 bridgehead atoms. The van der Waals surface area contributed by atoms with E-state index in [9.17, 15) is 18.0 Å². The molecule has 0 saturated carbocycles. The summed E-state index contributed by atoms with van der Waals surface area (Å²) in [5, 5.41) is 5.11. The number of carbonyl (C=O) groups excluding carboxylic acids is 1. The van der Waals surface area contributed by atoms with Gasteiger partial charge in [-0.25, -0.2) is 14.7 Å². The normalized spacial score (nSPS) is 14.5. The highest BCUT2D eigenvalue weighted by molar-refractivity contribution is 8.15. The summed E-state index contributed by atoms with van der Waals surface area (Å²) >= 11 is 7.03. The summed E-state index contributed by atoms with van der Waals surface area (Å²) in [6.07, 6.45) is 0.101. The van der Waals surface area contributed by atoms with Crippen LogP contribution in [0, 0.1) is 6.92 Å². The van der Waals surface area contributed by atoms with E-state index in [1.54, 1.807) is 4.90 Å². The van der Waals surface area contributed by atoms with Gasteiger partial charge in [-0.05, 0) is 79.1 Å². The lowest BCUT2D eigenvalue weighted by atomic mass is 9.99. The number of ether oxygens (including phenoxy) is 1. The highest BCUT2D eigenvalue weighted by Gasteiger charge is 2.32. The van der Waals surface area contributed by atoms with E-state index in [2.05, 4.69) is 40.8 Å². The first-order chi connectivity index (χ1) is 21.5. The fourth-order valence-electron chi connectivity index (χ4n) is 4.93. The van der Waals surface area contributed by atoms with Crippen LogP contribution < -0.4 is 9.64 Å². The van der Waals surface area contributed by atoms with Crippen LogP contribution in [0.15, 0.2) is 78.0 Å². The first-order valence-electron chi connectivity index (χ1n) is 14.5. The van der Waals surface area contributed by atoms with Crippen LogP contribution >= 0.6 is 24.0 Å². The van der Waals surface area contributed by atoms with E-state index in [4.69, 9.17) is 17.2 Å². The first kappa shape index (κ1) is 32.4. The Kier molecular flexibility index (Phi) is 10.0. The number of aliphatic imine (C=N–C) groups is 1. The second-order valence-corrected chi connectivity index (χ2v) is 12.4. The fourth-order valence-corrected chi connectivity index (χ4v) is 6.10. The van der Waals surface area contributed by atoms with Crippen molar-refractivity contribution in [2.75, 3.05) is 10.7 Å². The molecule has 1 aliphatic rings. The molecule has 1 amide bonds. The summed E-state index contributed by atoms with van der Waals surface area (Å²) in [5.74, 6) is 0.850. The number of thioether (sulfide) groups is 1. The van der Waals surface area contributed by atoms with E-state index in [1.165, 1.54) is 52.6 Å². The number of carbonyl (C=O) groups is 1. The van der Waals surface area contributed by atoms with Crippen LogP contribution in [0.3, 0.4) is 0 Å². The van der Waals surface area contributed by atoms with E-state index in [-0.39, 0.29) is 17.6 Å². The van der Waals surface area contributed by atoms with E-state index in [0.29, 0.717) is 33.8 Å². The number of rotatable bonds is 10. The van der Waals surface area contributed by atoms with Crippen molar-refractivity contribution in [3.63, 3.8) is 0 Å². The molecule has 234 valence electrons. The SMILES string of the molecule is Cc1ccc(C(C)C)c(N2C(=O)CSC2=NC(=S)CCCCc2ccc(-c3ncn(-c4ccc(OC(F)(F)F)cc4)n3)cc2)c1. The number of unbranched alkanes of at least 4 members (excludes halogenated alkanes) is 1. The van der Waals surface area contributed by atoms with Crippen LogP contribution in [-0.2, 0) is 11.2 Å². The Morgan fingerprint density at radius 1 is 1.07 bits per heavy atom. The van der Waals surface area contributed by atoms with Crippen LogP contribution in [0.5, 0.6) is 5.75 Å². The smallest absolute Gasteiger partial charge is 0.406 e. The third kappa shape index (κ3) is 8.37. The zero-order valence-electron chi connectivity index (χ0n) is 25.0. The van der Waals surface area contributed by atoms with Crippen molar-refractivity contribution in [3.05, 3.63) is 89.7 Å². The number of benzene rings is 3. The van der Waals surface area contributed by atoms with Crippen LogP contribution in [0.1, 0.15) is 55.7 Å². The van der Waals surface area contributed by atoms with Crippen LogP contribution in [0.25, 0.3) is 17.1 Å². The number of nitrogens with zero attached hydrogens (tertiary/aromatic N) is 5. The minimum Gasteiger partial charge on any atom is -0.406 e. The number of aryl methyl sites for hydroxylation is 2. The number of anilines is 1. The molecule has 2 heterocycles. The molecule has 45 heavy (non-hydrogen) atoms.